The van der Waals surface area contributed by atoms with Gasteiger partial charge in [-0.3, -0.25) is 14.2 Å². The Balaban J connectivity index is 1.42. The van der Waals surface area contributed by atoms with Gasteiger partial charge in [-0.2, -0.15) is 0 Å². The van der Waals surface area contributed by atoms with E-state index < -0.39 is 11.9 Å². The maximum absolute atomic E-state index is 14.2. The summed E-state index contributed by atoms with van der Waals surface area (Å²) in [6.45, 7) is 1.84. The van der Waals surface area contributed by atoms with Crippen molar-refractivity contribution in [2.24, 2.45) is 4.99 Å². The number of allylic oxidation sites excluding steroid dienone is 1. The van der Waals surface area contributed by atoms with E-state index in [-0.39, 0.29) is 34.3 Å². The summed E-state index contributed by atoms with van der Waals surface area (Å²) in [6, 6.07) is 21.3. The first kappa shape index (κ1) is 34.1. The SMILES string of the molecule is COc1cc([C@@H]2C(C(=O)Nc3ccccc3)=C(C)N=c3s/c(=C\c4cc(Cl)c(OCc5ccc(Cl)cc5Cl)c(OC)c4)c(=O)n32)ccc1O. The van der Waals surface area contributed by atoms with Crippen LogP contribution in [-0.2, 0) is 11.4 Å². The summed E-state index contributed by atoms with van der Waals surface area (Å²) in [6.07, 6.45) is 1.68. The van der Waals surface area contributed by atoms with Crippen LogP contribution in [0.4, 0.5) is 5.69 Å². The van der Waals surface area contributed by atoms with E-state index in [2.05, 4.69) is 10.3 Å². The molecule has 250 valence electrons. The highest BCUT2D eigenvalue weighted by Gasteiger charge is 2.33. The lowest BCUT2D eigenvalue weighted by atomic mass is 9.94. The van der Waals surface area contributed by atoms with Crippen LogP contribution in [0, 0.1) is 0 Å². The number of ether oxygens (including phenoxy) is 3. The third-order valence-electron chi connectivity index (χ3n) is 7.75. The van der Waals surface area contributed by atoms with Gasteiger partial charge in [0.2, 0.25) is 0 Å². The Hall–Kier alpha value is -4.74. The first-order valence-corrected chi connectivity index (χ1v) is 16.7. The number of hydrogen-bond acceptors (Lipinski definition) is 8. The number of amides is 1. The van der Waals surface area contributed by atoms with E-state index >= 15 is 0 Å². The average molecular weight is 737 g/mol. The number of aromatic nitrogens is 1. The number of halogens is 3. The fourth-order valence-electron chi connectivity index (χ4n) is 5.41. The molecule has 0 fully saturated rings. The van der Waals surface area contributed by atoms with Crippen molar-refractivity contribution < 1.29 is 24.1 Å². The standard InChI is InChI=1S/C36H28Cl3N3O6S/c1-19-31(34(44)41-24-7-5-4-6-8-24)32(21-10-12-27(43)28(16-21)46-2)42-35(45)30(49-36(42)40-19)15-20-13-26(39)33(29(14-20)47-3)48-18-22-9-11-23(37)17-25(22)38/h4-17,32,43H,18H2,1-3H3,(H,41,44)/b30-15-/t32-/m1/s1. The number of benzene rings is 4. The molecule has 4 aromatic carbocycles. The van der Waals surface area contributed by atoms with E-state index in [1.165, 1.54) is 24.9 Å². The minimum atomic E-state index is -0.884. The monoisotopic (exact) mass is 735 g/mol. The van der Waals surface area contributed by atoms with Crippen molar-refractivity contribution in [3.63, 3.8) is 0 Å². The molecule has 0 radical (unpaired) electrons. The molecule has 49 heavy (non-hydrogen) atoms. The Bertz CT molecular complexity index is 2300. The molecule has 0 saturated carbocycles. The molecule has 1 aliphatic heterocycles. The fourth-order valence-corrected chi connectivity index (χ4v) is 7.20. The number of thiazole rings is 1. The van der Waals surface area contributed by atoms with Gasteiger partial charge in [-0.25, -0.2) is 4.99 Å². The Morgan fingerprint density at radius 2 is 1.73 bits per heavy atom. The van der Waals surface area contributed by atoms with Gasteiger partial charge in [-0.1, -0.05) is 76.5 Å². The number of carbonyl (C=O) groups is 1. The summed E-state index contributed by atoms with van der Waals surface area (Å²) in [7, 11) is 2.92. The first-order valence-electron chi connectivity index (χ1n) is 14.8. The van der Waals surface area contributed by atoms with E-state index in [0.717, 1.165) is 11.3 Å². The number of methoxy groups -OCH3 is 2. The molecule has 0 saturated heterocycles. The highest BCUT2D eigenvalue weighted by Crippen LogP contribution is 2.38. The predicted octanol–water partition coefficient (Wildman–Crippen LogP) is 7.14. The van der Waals surface area contributed by atoms with Crippen molar-refractivity contribution in [3.8, 4) is 23.0 Å². The summed E-state index contributed by atoms with van der Waals surface area (Å²) < 4.78 is 18.8. The van der Waals surface area contributed by atoms with Crippen molar-refractivity contribution in [1.29, 1.82) is 0 Å². The van der Waals surface area contributed by atoms with Crippen molar-refractivity contribution in [2.75, 3.05) is 19.5 Å². The molecule has 2 heterocycles. The molecular weight excluding hydrogens is 709 g/mol. The lowest BCUT2D eigenvalue weighted by Gasteiger charge is -2.25. The van der Waals surface area contributed by atoms with Crippen LogP contribution in [0.3, 0.4) is 0 Å². The van der Waals surface area contributed by atoms with Crippen LogP contribution in [0.25, 0.3) is 6.08 Å². The van der Waals surface area contributed by atoms with Gasteiger partial charge < -0.3 is 24.6 Å². The normalized spacial score (nSPS) is 14.2. The van der Waals surface area contributed by atoms with Gasteiger partial charge in [-0.15, -0.1) is 0 Å². The summed E-state index contributed by atoms with van der Waals surface area (Å²) in [5.74, 6) is 0.343. The zero-order valence-electron chi connectivity index (χ0n) is 26.3. The van der Waals surface area contributed by atoms with E-state index in [9.17, 15) is 14.7 Å². The number of fused-ring (bicyclic) bond motifs is 1. The molecule has 6 rings (SSSR count). The molecular formula is C36H28Cl3N3O6S. The Morgan fingerprint density at radius 1 is 0.980 bits per heavy atom. The third-order valence-corrected chi connectivity index (χ3v) is 9.60. The maximum Gasteiger partial charge on any atom is 0.271 e. The summed E-state index contributed by atoms with van der Waals surface area (Å²) in [5.41, 5.74) is 2.73. The fraction of sp³-hybridized carbons (Fsp3) is 0.139. The van der Waals surface area contributed by atoms with Crippen LogP contribution in [0.15, 0.2) is 99.9 Å². The summed E-state index contributed by atoms with van der Waals surface area (Å²) >= 11 is 20.2. The van der Waals surface area contributed by atoms with Gasteiger partial charge in [-0.05, 0) is 72.7 Å². The Labute approximate surface area is 299 Å². The highest BCUT2D eigenvalue weighted by molar-refractivity contribution is 7.07. The number of nitrogens with one attached hydrogen (secondary N) is 1. The Morgan fingerprint density at radius 3 is 2.45 bits per heavy atom. The smallest absolute Gasteiger partial charge is 0.271 e. The van der Waals surface area contributed by atoms with E-state index in [0.29, 0.717) is 59.0 Å². The van der Waals surface area contributed by atoms with Gasteiger partial charge >= 0.3 is 0 Å². The molecule has 0 bridgehead atoms. The lowest BCUT2D eigenvalue weighted by molar-refractivity contribution is -0.113. The molecule has 0 spiro atoms. The zero-order chi connectivity index (χ0) is 34.8. The van der Waals surface area contributed by atoms with Gasteiger partial charge in [0.25, 0.3) is 11.5 Å². The number of rotatable bonds is 9. The molecule has 0 unspecified atom stereocenters. The molecule has 0 aliphatic carbocycles. The minimum Gasteiger partial charge on any atom is -0.504 e. The number of nitrogens with zero attached hydrogens (tertiary/aromatic N) is 2. The number of anilines is 1. The molecule has 13 heteroatoms. The first-order chi connectivity index (χ1) is 23.6. The molecule has 1 atom stereocenters. The molecule has 1 aromatic heterocycles. The number of phenolic OH excluding ortho intramolecular Hbond substituents is 1. The summed E-state index contributed by atoms with van der Waals surface area (Å²) in [4.78, 5) is 33.1. The van der Waals surface area contributed by atoms with Gasteiger partial charge in [0.1, 0.15) is 6.61 Å². The quantitative estimate of drug-likeness (QED) is 0.167. The number of carbonyl (C=O) groups excluding carboxylic acids is 1. The second kappa shape index (κ2) is 14.4. The molecule has 2 N–H and O–H groups in total. The molecule has 1 aliphatic rings. The second-order valence-corrected chi connectivity index (χ2v) is 13.2. The van der Waals surface area contributed by atoms with Crippen LogP contribution >= 0.6 is 46.1 Å². The van der Waals surface area contributed by atoms with Gasteiger partial charge in [0, 0.05) is 21.3 Å². The number of phenols is 1. The van der Waals surface area contributed by atoms with Crippen LogP contribution in [-0.4, -0.2) is 29.8 Å². The third kappa shape index (κ3) is 7.04. The largest absolute Gasteiger partial charge is 0.504 e. The van der Waals surface area contributed by atoms with Crippen LogP contribution < -0.4 is 34.4 Å². The molecule has 1 amide bonds. The van der Waals surface area contributed by atoms with Crippen LogP contribution in [0.1, 0.15) is 29.7 Å². The van der Waals surface area contributed by atoms with Crippen molar-refractivity contribution in [2.45, 2.75) is 19.6 Å². The van der Waals surface area contributed by atoms with Crippen molar-refractivity contribution in [3.05, 3.63) is 142 Å². The number of aromatic hydroxyl groups is 1. The molecule has 9 nitrogen and oxygen atoms in total. The van der Waals surface area contributed by atoms with Crippen LogP contribution in [0.2, 0.25) is 15.1 Å². The zero-order valence-corrected chi connectivity index (χ0v) is 29.4. The molecule has 5 aromatic rings. The van der Waals surface area contributed by atoms with E-state index in [1.54, 1.807) is 67.6 Å². The minimum absolute atomic E-state index is 0.0795. The van der Waals surface area contributed by atoms with Gasteiger partial charge in [0.05, 0.1) is 41.1 Å². The maximum atomic E-state index is 14.2. The average Bonchev–Trinajstić information content (AvgIpc) is 3.38. The van der Waals surface area contributed by atoms with Crippen molar-refractivity contribution >= 4 is 63.8 Å². The Kier molecular flexibility index (Phi) is 10.0. The lowest BCUT2D eigenvalue weighted by Crippen LogP contribution is -2.40. The van der Waals surface area contributed by atoms with Crippen molar-refractivity contribution in [1.82, 2.24) is 4.57 Å². The van der Waals surface area contributed by atoms with E-state index in [1.807, 2.05) is 18.2 Å². The predicted molar refractivity (Wildman–Crippen MR) is 192 cm³/mol. The number of para-hydroxylation sites is 1. The van der Waals surface area contributed by atoms with Crippen LogP contribution in [0.5, 0.6) is 23.0 Å². The highest BCUT2D eigenvalue weighted by atomic mass is 35.5. The topological polar surface area (TPSA) is 111 Å². The van der Waals surface area contributed by atoms with Gasteiger partial charge in [0.15, 0.2) is 27.8 Å². The second-order valence-electron chi connectivity index (χ2n) is 10.9. The number of hydrogen-bond donors (Lipinski definition) is 2. The summed E-state index contributed by atoms with van der Waals surface area (Å²) in [5, 5.41) is 14.5. The van der Waals surface area contributed by atoms with E-state index in [4.69, 9.17) is 49.0 Å².